The van der Waals surface area contributed by atoms with Gasteiger partial charge in [0.15, 0.2) is 0 Å². The summed E-state index contributed by atoms with van der Waals surface area (Å²) in [4.78, 5) is 10.7. The summed E-state index contributed by atoms with van der Waals surface area (Å²) in [7, 11) is 0. The molecule has 0 aromatic heterocycles. The Bertz CT molecular complexity index is 268. The van der Waals surface area contributed by atoms with Crippen molar-refractivity contribution < 1.29 is 9.90 Å². The molecule has 3 N–H and O–H groups in total. The molecule has 1 aliphatic carbocycles. The summed E-state index contributed by atoms with van der Waals surface area (Å²) >= 11 is 3.24. The fourth-order valence-electron chi connectivity index (χ4n) is 1.18. The molecule has 0 aromatic rings. The summed E-state index contributed by atoms with van der Waals surface area (Å²) < 4.78 is 0.824. The maximum atomic E-state index is 10.7. The van der Waals surface area contributed by atoms with E-state index in [2.05, 4.69) is 15.9 Å². The van der Waals surface area contributed by atoms with Gasteiger partial charge in [0.05, 0.1) is 5.92 Å². The van der Waals surface area contributed by atoms with Gasteiger partial charge in [-0.15, -0.1) is 0 Å². The van der Waals surface area contributed by atoms with Crippen LogP contribution in [0.15, 0.2) is 22.7 Å². The van der Waals surface area contributed by atoms with Crippen molar-refractivity contribution in [1.82, 2.24) is 0 Å². The fourth-order valence-corrected chi connectivity index (χ4v) is 1.82. The first-order chi connectivity index (χ1) is 5.43. The smallest absolute Gasteiger partial charge is 0.312 e. The number of rotatable bonds is 1. The molecule has 1 aliphatic rings. The standard InChI is InChI=1S/C8H10BrNO2/c1-8(10)4-5(9)2-3-6(8)7(11)12/h2-4,6H,10H2,1H3,(H,11,12). The van der Waals surface area contributed by atoms with Crippen LogP contribution in [0.4, 0.5) is 0 Å². The number of allylic oxidation sites excluding steroid dienone is 2. The van der Waals surface area contributed by atoms with Gasteiger partial charge in [-0.1, -0.05) is 28.1 Å². The van der Waals surface area contributed by atoms with E-state index < -0.39 is 17.4 Å². The SMILES string of the molecule is CC1(N)C=C(Br)C=CC1C(=O)O. The van der Waals surface area contributed by atoms with Crippen LogP contribution in [0, 0.1) is 5.92 Å². The number of aliphatic carboxylic acids is 1. The van der Waals surface area contributed by atoms with Gasteiger partial charge >= 0.3 is 5.97 Å². The Kier molecular flexibility index (Phi) is 2.39. The monoisotopic (exact) mass is 231 g/mol. The molecular weight excluding hydrogens is 222 g/mol. The van der Waals surface area contributed by atoms with Gasteiger partial charge in [0.25, 0.3) is 0 Å². The lowest BCUT2D eigenvalue weighted by molar-refractivity contribution is -0.141. The van der Waals surface area contributed by atoms with E-state index in [-0.39, 0.29) is 0 Å². The van der Waals surface area contributed by atoms with Crippen molar-refractivity contribution in [1.29, 1.82) is 0 Å². The molecule has 66 valence electrons. The average molecular weight is 232 g/mol. The maximum Gasteiger partial charge on any atom is 0.312 e. The fraction of sp³-hybridized carbons (Fsp3) is 0.375. The summed E-state index contributed by atoms with van der Waals surface area (Å²) in [6.07, 6.45) is 4.99. The van der Waals surface area contributed by atoms with Crippen molar-refractivity contribution in [3.8, 4) is 0 Å². The summed E-state index contributed by atoms with van der Waals surface area (Å²) in [5.74, 6) is -1.54. The minimum absolute atomic E-state index is 0.640. The van der Waals surface area contributed by atoms with Crippen molar-refractivity contribution in [2.75, 3.05) is 0 Å². The van der Waals surface area contributed by atoms with E-state index in [1.165, 1.54) is 0 Å². The molecule has 0 saturated carbocycles. The van der Waals surface area contributed by atoms with Crippen LogP contribution < -0.4 is 5.73 Å². The van der Waals surface area contributed by atoms with Gasteiger partial charge in [0.2, 0.25) is 0 Å². The van der Waals surface area contributed by atoms with Crippen LogP contribution in [-0.2, 0) is 4.79 Å². The van der Waals surface area contributed by atoms with Crippen LogP contribution in [0.5, 0.6) is 0 Å². The predicted octanol–water partition coefficient (Wildman–Crippen LogP) is 1.25. The highest BCUT2D eigenvalue weighted by Crippen LogP contribution is 2.27. The normalized spacial score (nSPS) is 34.6. The highest BCUT2D eigenvalue weighted by atomic mass is 79.9. The highest BCUT2D eigenvalue weighted by molar-refractivity contribution is 9.11. The molecule has 2 unspecified atom stereocenters. The summed E-state index contributed by atoms with van der Waals surface area (Å²) in [6.45, 7) is 1.69. The lowest BCUT2D eigenvalue weighted by Gasteiger charge is -2.28. The second-order valence-corrected chi connectivity index (χ2v) is 3.99. The number of nitrogens with two attached hydrogens (primary N) is 1. The van der Waals surface area contributed by atoms with Gasteiger partial charge < -0.3 is 10.8 Å². The predicted molar refractivity (Wildman–Crippen MR) is 49.9 cm³/mol. The van der Waals surface area contributed by atoms with Gasteiger partial charge in [0.1, 0.15) is 0 Å². The molecule has 2 atom stereocenters. The Balaban J connectivity index is 2.96. The molecule has 4 heteroatoms. The van der Waals surface area contributed by atoms with Gasteiger partial charge in [-0.2, -0.15) is 0 Å². The van der Waals surface area contributed by atoms with E-state index in [1.54, 1.807) is 25.2 Å². The Morgan fingerprint density at radius 1 is 1.83 bits per heavy atom. The molecular formula is C8H10BrNO2. The lowest BCUT2D eigenvalue weighted by atomic mass is 9.83. The van der Waals surface area contributed by atoms with Crippen LogP contribution in [0.3, 0.4) is 0 Å². The van der Waals surface area contributed by atoms with Crippen molar-refractivity contribution in [3.05, 3.63) is 22.7 Å². The quantitative estimate of drug-likeness (QED) is 0.715. The molecule has 0 saturated heterocycles. The minimum atomic E-state index is -0.896. The van der Waals surface area contributed by atoms with E-state index in [1.807, 2.05) is 0 Å². The zero-order chi connectivity index (χ0) is 9.35. The second-order valence-electron chi connectivity index (χ2n) is 3.07. The molecule has 3 nitrogen and oxygen atoms in total. The first-order valence-electron chi connectivity index (χ1n) is 3.52. The highest BCUT2D eigenvalue weighted by Gasteiger charge is 2.34. The molecule has 0 bridgehead atoms. The third-order valence-electron chi connectivity index (χ3n) is 1.83. The van der Waals surface area contributed by atoms with Crippen LogP contribution in [0.1, 0.15) is 6.92 Å². The van der Waals surface area contributed by atoms with E-state index in [0.717, 1.165) is 4.48 Å². The number of halogens is 1. The molecule has 0 fully saturated rings. The molecule has 0 spiro atoms. The van der Waals surface area contributed by atoms with Gasteiger partial charge in [0, 0.05) is 10.0 Å². The molecule has 0 aliphatic heterocycles. The molecule has 0 amide bonds. The number of hydrogen-bond acceptors (Lipinski definition) is 2. The first kappa shape index (κ1) is 9.48. The third kappa shape index (κ3) is 1.76. The minimum Gasteiger partial charge on any atom is -0.481 e. The Morgan fingerprint density at radius 2 is 2.42 bits per heavy atom. The van der Waals surface area contributed by atoms with Crippen LogP contribution in [0.2, 0.25) is 0 Å². The number of carboxylic acid groups (broad SMARTS) is 1. The van der Waals surface area contributed by atoms with Gasteiger partial charge in [-0.25, -0.2) is 0 Å². The van der Waals surface area contributed by atoms with Crippen LogP contribution >= 0.6 is 15.9 Å². The van der Waals surface area contributed by atoms with Gasteiger partial charge in [-0.3, -0.25) is 4.79 Å². The average Bonchev–Trinajstić information content (AvgIpc) is 1.82. The number of carboxylic acids is 1. The number of carbonyl (C=O) groups is 1. The third-order valence-corrected chi connectivity index (χ3v) is 2.33. The lowest BCUT2D eigenvalue weighted by Crippen LogP contribution is -2.46. The number of hydrogen-bond donors (Lipinski definition) is 2. The van der Waals surface area contributed by atoms with Crippen molar-refractivity contribution >= 4 is 21.9 Å². The van der Waals surface area contributed by atoms with Crippen LogP contribution in [0.25, 0.3) is 0 Å². The first-order valence-corrected chi connectivity index (χ1v) is 4.31. The van der Waals surface area contributed by atoms with E-state index in [9.17, 15) is 4.79 Å². The van der Waals surface area contributed by atoms with Crippen LogP contribution in [-0.4, -0.2) is 16.6 Å². The molecule has 0 heterocycles. The molecule has 1 rings (SSSR count). The largest absolute Gasteiger partial charge is 0.481 e. The summed E-state index contributed by atoms with van der Waals surface area (Å²) in [5.41, 5.74) is 4.97. The molecule has 0 aromatic carbocycles. The van der Waals surface area contributed by atoms with E-state index in [0.29, 0.717) is 0 Å². The van der Waals surface area contributed by atoms with E-state index in [4.69, 9.17) is 10.8 Å². The molecule has 12 heavy (non-hydrogen) atoms. The zero-order valence-corrected chi connectivity index (χ0v) is 8.21. The molecule has 0 radical (unpaired) electrons. The Labute approximate surface area is 79.1 Å². The maximum absolute atomic E-state index is 10.7. The topological polar surface area (TPSA) is 63.3 Å². The van der Waals surface area contributed by atoms with Crippen molar-refractivity contribution in [3.63, 3.8) is 0 Å². The van der Waals surface area contributed by atoms with Crippen molar-refractivity contribution in [2.24, 2.45) is 11.7 Å². The second kappa shape index (κ2) is 3.03. The summed E-state index contributed by atoms with van der Waals surface area (Å²) in [5, 5.41) is 8.78. The Hall–Kier alpha value is -0.610. The Morgan fingerprint density at radius 3 is 2.83 bits per heavy atom. The summed E-state index contributed by atoms with van der Waals surface area (Å²) in [6, 6.07) is 0. The van der Waals surface area contributed by atoms with Gasteiger partial charge in [-0.05, 0) is 13.0 Å². The zero-order valence-electron chi connectivity index (χ0n) is 6.62. The van der Waals surface area contributed by atoms with Crippen molar-refractivity contribution in [2.45, 2.75) is 12.5 Å². The van der Waals surface area contributed by atoms with E-state index >= 15 is 0 Å².